The predicted octanol–water partition coefficient (Wildman–Crippen LogP) is 7.47. The molecule has 0 bridgehead atoms. The van der Waals surface area contributed by atoms with E-state index in [9.17, 15) is 0 Å². The van der Waals surface area contributed by atoms with Crippen LogP contribution in [0.5, 0.6) is 0 Å². The molecule has 0 aromatic heterocycles. The molecule has 0 amide bonds. The smallest absolute Gasteiger partial charge is 0.00980 e. The highest BCUT2D eigenvalue weighted by atomic mass is 15.0. The van der Waals surface area contributed by atoms with Gasteiger partial charge in [0.25, 0.3) is 0 Å². The molecule has 0 spiro atoms. The van der Waals surface area contributed by atoms with E-state index in [0.29, 0.717) is 0 Å². The van der Waals surface area contributed by atoms with Crippen LogP contribution in [0.3, 0.4) is 0 Å². The summed E-state index contributed by atoms with van der Waals surface area (Å²) in [7, 11) is 0. The zero-order chi connectivity index (χ0) is 21.3. The lowest BCUT2D eigenvalue weighted by atomic mass is 9.75. The topological polar surface area (TPSA) is 24.1 Å². The molecule has 0 aromatic carbocycles. The van der Waals surface area contributed by atoms with Crippen LogP contribution in [0.25, 0.3) is 0 Å². The number of hydrogen-bond acceptors (Lipinski definition) is 2. The Morgan fingerprint density at radius 2 is 0.867 bits per heavy atom. The maximum absolute atomic E-state index is 3.96. The van der Waals surface area contributed by atoms with Crippen molar-refractivity contribution in [1.29, 1.82) is 0 Å². The molecule has 30 heavy (non-hydrogen) atoms. The second kappa shape index (κ2) is 12.8. The molecule has 176 valence electrons. The SMILES string of the molecule is CCC(CC)C1CCC2CCCCC2N1.CCC(CC)C1CCC2CCCCC2N1. The molecule has 2 aliphatic carbocycles. The molecule has 2 heteroatoms. The molecule has 6 unspecified atom stereocenters. The molecular weight excluding hydrogens is 364 g/mol. The third kappa shape index (κ3) is 6.47. The van der Waals surface area contributed by atoms with E-state index in [2.05, 4.69) is 38.3 Å². The first-order valence-electron chi connectivity index (χ1n) is 14.2. The van der Waals surface area contributed by atoms with E-state index in [4.69, 9.17) is 0 Å². The highest BCUT2D eigenvalue weighted by Crippen LogP contribution is 2.36. The van der Waals surface area contributed by atoms with Gasteiger partial charge in [0, 0.05) is 24.2 Å². The van der Waals surface area contributed by atoms with E-state index in [1.807, 2.05) is 0 Å². The van der Waals surface area contributed by atoms with Crippen LogP contribution < -0.4 is 10.6 Å². The molecule has 2 saturated heterocycles. The Labute approximate surface area is 189 Å². The lowest BCUT2D eigenvalue weighted by Gasteiger charge is -2.43. The summed E-state index contributed by atoms with van der Waals surface area (Å²) in [6, 6.07) is 3.41. The van der Waals surface area contributed by atoms with Crippen LogP contribution in [-0.2, 0) is 0 Å². The Bertz CT molecular complexity index is 414. The van der Waals surface area contributed by atoms with E-state index in [-0.39, 0.29) is 0 Å². The fourth-order valence-electron chi connectivity index (χ4n) is 7.51. The summed E-state index contributed by atoms with van der Waals surface area (Å²) >= 11 is 0. The van der Waals surface area contributed by atoms with Crippen molar-refractivity contribution < 1.29 is 0 Å². The van der Waals surface area contributed by atoms with Crippen LogP contribution in [0, 0.1) is 23.7 Å². The molecule has 6 atom stereocenters. The third-order valence-electron chi connectivity index (χ3n) is 9.61. The Morgan fingerprint density at radius 1 is 0.500 bits per heavy atom. The largest absolute Gasteiger partial charge is 0.311 e. The standard InChI is InChI=1S/2C14H27N/c2*1-3-11(4-2)14-10-9-12-7-5-6-8-13(12)15-14/h2*11-15H,3-10H2,1-2H3. The molecule has 2 saturated carbocycles. The van der Waals surface area contributed by atoms with Gasteiger partial charge >= 0.3 is 0 Å². The van der Waals surface area contributed by atoms with Crippen molar-refractivity contribution in [3.05, 3.63) is 0 Å². The monoisotopic (exact) mass is 418 g/mol. The van der Waals surface area contributed by atoms with Crippen molar-refractivity contribution >= 4 is 0 Å². The number of nitrogens with one attached hydrogen (secondary N) is 2. The van der Waals surface area contributed by atoms with Crippen LogP contribution in [0.15, 0.2) is 0 Å². The van der Waals surface area contributed by atoms with E-state index in [0.717, 1.165) is 47.8 Å². The van der Waals surface area contributed by atoms with Gasteiger partial charge in [0.05, 0.1) is 0 Å². The van der Waals surface area contributed by atoms with Crippen LogP contribution in [0.2, 0.25) is 0 Å². The highest BCUT2D eigenvalue weighted by Gasteiger charge is 2.34. The molecule has 2 N–H and O–H groups in total. The quantitative estimate of drug-likeness (QED) is 0.467. The number of hydrogen-bond donors (Lipinski definition) is 2. The van der Waals surface area contributed by atoms with Gasteiger partial charge < -0.3 is 10.6 Å². The number of fused-ring (bicyclic) bond motifs is 2. The van der Waals surface area contributed by atoms with Gasteiger partial charge in [-0.05, 0) is 75.0 Å². The highest BCUT2D eigenvalue weighted by molar-refractivity contribution is 4.92. The summed E-state index contributed by atoms with van der Waals surface area (Å²) in [5.41, 5.74) is 0. The first kappa shape index (κ1) is 24.6. The summed E-state index contributed by atoms with van der Waals surface area (Å²) in [4.78, 5) is 0. The second-order valence-electron chi connectivity index (χ2n) is 11.2. The van der Waals surface area contributed by atoms with Gasteiger partial charge in [0.1, 0.15) is 0 Å². The maximum atomic E-state index is 3.96. The zero-order valence-corrected chi connectivity index (χ0v) is 20.9. The van der Waals surface area contributed by atoms with Crippen molar-refractivity contribution in [2.75, 3.05) is 0 Å². The first-order valence-corrected chi connectivity index (χ1v) is 14.2. The Hall–Kier alpha value is -0.0800. The molecule has 0 aromatic rings. The van der Waals surface area contributed by atoms with Gasteiger partial charge in [0.2, 0.25) is 0 Å². The second-order valence-corrected chi connectivity index (χ2v) is 11.2. The molecule has 4 rings (SSSR count). The Balaban J connectivity index is 0.000000171. The van der Waals surface area contributed by atoms with E-state index < -0.39 is 0 Å². The average Bonchev–Trinajstić information content (AvgIpc) is 2.81. The molecule has 2 aliphatic heterocycles. The molecule has 4 fully saturated rings. The molecule has 4 aliphatic rings. The minimum absolute atomic E-state index is 0.833. The van der Waals surface area contributed by atoms with E-state index in [1.165, 1.54) is 103 Å². The van der Waals surface area contributed by atoms with Gasteiger partial charge in [0.15, 0.2) is 0 Å². The summed E-state index contributed by atoms with van der Waals surface area (Å²) in [6.07, 6.45) is 23.1. The van der Waals surface area contributed by atoms with Gasteiger partial charge in [-0.2, -0.15) is 0 Å². The van der Waals surface area contributed by atoms with Gasteiger partial charge in [-0.25, -0.2) is 0 Å². The summed E-state index contributed by atoms with van der Waals surface area (Å²) in [6.45, 7) is 9.40. The van der Waals surface area contributed by atoms with Crippen molar-refractivity contribution in [2.24, 2.45) is 23.7 Å². The van der Waals surface area contributed by atoms with Crippen LogP contribution in [0.1, 0.15) is 130 Å². The molecule has 0 radical (unpaired) electrons. The number of piperidine rings is 2. The number of rotatable bonds is 6. The molecular formula is C28H54N2. The van der Waals surface area contributed by atoms with Gasteiger partial charge in [-0.1, -0.05) is 79.1 Å². The fourth-order valence-corrected chi connectivity index (χ4v) is 7.51. The fraction of sp³-hybridized carbons (Fsp3) is 1.00. The minimum Gasteiger partial charge on any atom is -0.311 e. The Morgan fingerprint density at radius 3 is 1.23 bits per heavy atom. The van der Waals surface area contributed by atoms with Crippen molar-refractivity contribution in [3.8, 4) is 0 Å². The lowest BCUT2D eigenvalue weighted by molar-refractivity contribution is 0.143. The van der Waals surface area contributed by atoms with E-state index in [1.54, 1.807) is 0 Å². The zero-order valence-electron chi connectivity index (χ0n) is 20.9. The average molecular weight is 419 g/mol. The van der Waals surface area contributed by atoms with E-state index >= 15 is 0 Å². The Kier molecular flexibility index (Phi) is 10.5. The van der Waals surface area contributed by atoms with Crippen molar-refractivity contribution in [1.82, 2.24) is 10.6 Å². The van der Waals surface area contributed by atoms with Gasteiger partial charge in [-0.15, -0.1) is 0 Å². The summed E-state index contributed by atoms with van der Waals surface area (Å²) in [5, 5.41) is 7.91. The van der Waals surface area contributed by atoms with Crippen LogP contribution in [-0.4, -0.2) is 24.2 Å². The predicted molar refractivity (Wildman–Crippen MR) is 132 cm³/mol. The van der Waals surface area contributed by atoms with Gasteiger partial charge in [-0.3, -0.25) is 0 Å². The molecule has 2 nitrogen and oxygen atoms in total. The van der Waals surface area contributed by atoms with Crippen LogP contribution in [0.4, 0.5) is 0 Å². The summed E-state index contributed by atoms with van der Waals surface area (Å²) in [5.74, 6) is 3.88. The third-order valence-corrected chi connectivity index (χ3v) is 9.61. The molecule has 2 heterocycles. The normalized spacial score (nSPS) is 36.6. The van der Waals surface area contributed by atoms with Crippen molar-refractivity contribution in [2.45, 2.75) is 155 Å². The summed E-state index contributed by atoms with van der Waals surface area (Å²) < 4.78 is 0. The maximum Gasteiger partial charge on any atom is 0.00980 e. The minimum atomic E-state index is 0.833. The first-order chi connectivity index (χ1) is 14.7. The van der Waals surface area contributed by atoms with Crippen LogP contribution >= 0.6 is 0 Å². The van der Waals surface area contributed by atoms with Crippen molar-refractivity contribution in [3.63, 3.8) is 0 Å². The lowest BCUT2D eigenvalue weighted by Crippen LogP contribution is -2.51.